The van der Waals surface area contributed by atoms with Crippen LogP contribution >= 0.6 is 0 Å². The highest BCUT2D eigenvalue weighted by molar-refractivity contribution is 5.81. The molecule has 0 radical (unpaired) electrons. The number of likely N-dealkylation sites (N-methyl/N-ethyl adjacent to an activating group) is 1. The van der Waals surface area contributed by atoms with E-state index in [-0.39, 0.29) is 24.3 Å². The van der Waals surface area contributed by atoms with Gasteiger partial charge in [0, 0.05) is 12.1 Å². The minimum Gasteiger partial charge on any atom is -0.351 e. The fourth-order valence-corrected chi connectivity index (χ4v) is 1.72. The lowest BCUT2D eigenvalue weighted by Crippen LogP contribution is -2.43. The SMILES string of the molecule is CCCN(C)[C@H](C)C(=O)NCc1ccccc1F. The normalized spacial score (nSPS) is 12.5. The van der Waals surface area contributed by atoms with Crippen molar-refractivity contribution in [1.82, 2.24) is 10.2 Å². The first-order chi connectivity index (χ1) is 8.56. The van der Waals surface area contributed by atoms with Gasteiger partial charge in [-0.05, 0) is 33.0 Å². The highest BCUT2D eigenvalue weighted by atomic mass is 19.1. The summed E-state index contributed by atoms with van der Waals surface area (Å²) >= 11 is 0. The van der Waals surface area contributed by atoms with E-state index in [9.17, 15) is 9.18 Å². The number of carbonyl (C=O) groups excluding carboxylic acids is 1. The summed E-state index contributed by atoms with van der Waals surface area (Å²) in [5.74, 6) is -0.360. The fourth-order valence-electron chi connectivity index (χ4n) is 1.72. The molecule has 0 unspecified atom stereocenters. The van der Waals surface area contributed by atoms with Crippen molar-refractivity contribution in [3.8, 4) is 0 Å². The van der Waals surface area contributed by atoms with Crippen molar-refractivity contribution in [3.05, 3.63) is 35.6 Å². The Kier molecular flexibility index (Phi) is 5.78. The molecule has 0 aliphatic rings. The topological polar surface area (TPSA) is 32.3 Å². The summed E-state index contributed by atoms with van der Waals surface area (Å²) in [5.41, 5.74) is 0.510. The van der Waals surface area contributed by atoms with Gasteiger partial charge in [-0.2, -0.15) is 0 Å². The van der Waals surface area contributed by atoms with E-state index < -0.39 is 0 Å². The molecule has 0 aliphatic heterocycles. The molecule has 0 saturated carbocycles. The molecule has 1 aromatic rings. The number of benzene rings is 1. The molecule has 0 spiro atoms. The van der Waals surface area contributed by atoms with Crippen molar-refractivity contribution in [2.45, 2.75) is 32.9 Å². The van der Waals surface area contributed by atoms with E-state index >= 15 is 0 Å². The molecular formula is C14H21FN2O. The summed E-state index contributed by atoms with van der Waals surface area (Å²) in [6, 6.07) is 6.27. The molecule has 1 atom stereocenters. The molecule has 1 amide bonds. The maximum absolute atomic E-state index is 13.4. The number of nitrogens with zero attached hydrogens (tertiary/aromatic N) is 1. The molecule has 1 aromatic carbocycles. The summed E-state index contributed by atoms with van der Waals surface area (Å²) in [5, 5.41) is 2.76. The van der Waals surface area contributed by atoms with Gasteiger partial charge >= 0.3 is 0 Å². The van der Waals surface area contributed by atoms with E-state index in [0.717, 1.165) is 13.0 Å². The number of halogens is 1. The summed E-state index contributed by atoms with van der Waals surface area (Å²) in [6.07, 6.45) is 1.00. The van der Waals surface area contributed by atoms with Gasteiger partial charge in [0.1, 0.15) is 5.82 Å². The molecule has 0 fully saturated rings. The Morgan fingerprint density at radius 2 is 2.11 bits per heavy atom. The lowest BCUT2D eigenvalue weighted by Gasteiger charge is -2.23. The minimum atomic E-state index is -0.285. The Morgan fingerprint density at radius 1 is 1.44 bits per heavy atom. The monoisotopic (exact) mass is 252 g/mol. The Labute approximate surface area is 108 Å². The molecule has 3 nitrogen and oxygen atoms in total. The molecule has 0 heterocycles. The number of hydrogen-bond donors (Lipinski definition) is 1. The van der Waals surface area contributed by atoms with E-state index in [0.29, 0.717) is 5.56 Å². The molecular weight excluding hydrogens is 231 g/mol. The van der Waals surface area contributed by atoms with Gasteiger partial charge < -0.3 is 5.32 Å². The largest absolute Gasteiger partial charge is 0.351 e. The summed E-state index contributed by atoms with van der Waals surface area (Å²) in [7, 11) is 1.91. The predicted molar refractivity (Wildman–Crippen MR) is 70.6 cm³/mol. The van der Waals surface area contributed by atoms with Crippen LogP contribution in [0, 0.1) is 5.82 Å². The summed E-state index contributed by atoms with van der Waals surface area (Å²) < 4.78 is 13.4. The van der Waals surface area contributed by atoms with Gasteiger partial charge in [-0.3, -0.25) is 9.69 Å². The zero-order chi connectivity index (χ0) is 13.5. The van der Waals surface area contributed by atoms with Crippen LogP contribution in [0.1, 0.15) is 25.8 Å². The van der Waals surface area contributed by atoms with Crippen LogP contribution in [-0.2, 0) is 11.3 Å². The predicted octanol–water partition coefficient (Wildman–Crippen LogP) is 2.17. The van der Waals surface area contributed by atoms with Crippen LogP contribution in [-0.4, -0.2) is 30.4 Å². The molecule has 0 bridgehead atoms. The second-order valence-corrected chi connectivity index (χ2v) is 4.47. The zero-order valence-electron chi connectivity index (χ0n) is 11.2. The van der Waals surface area contributed by atoms with Crippen molar-refractivity contribution in [3.63, 3.8) is 0 Å². The molecule has 0 aliphatic carbocycles. The Balaban J connectivity index is 2.48. The van der Waals surface area contributed by atoms with Crippen LogP contribution in [0.4, 0.5) is 4.39 Å². The number of hydrogen-bond acceptors (Lipinski definition) is 2. The van der Waals surface area contributed by atoms with E-state index in [1.165, 1.54) is 6.07 Å². The second kappa shape index (κ2) is 7.11. The molecule has 0 aromatic heterocycles. The summed E-state index contributed by atoms with van der Waals surface area (Å²) in [4.78, 5) is 13.9. The van der Waals surface area contributed by atoms with Gasteiger partial charge in [-0.15, -0.1) is 0 Å². The smallest absolute Gasteiger partial charge is 0.237 e. The molecule has 100 valence electrons. The quantitative estimate of drug-likeness (QED) is 0.841. The Bertz CT molecular complexity index is 395. The maximum atomic E-state index is 13.4. The lowest BCUT2D eigenvalue weighted by atomic mass is 10.2. The average molecular weight is 252 g/mol. The van der Waals surface area contributed by atoms with Crippen molar-refractivity contribution in [2.24, 2.45) is 0 Å². The molecule has 1 rings (SSSR count). The van der Waals surface area contributed by atoms with Crippen molar-refractivity contribution in [2.75, 3.05) is 13.6 Å². The minimum absolute atomic E-state index is 0.0748. The van der Waals surface area contributed by atoms with Crippen molar-refractivity contribution in [1.29, 1.82) is 0 Å². The van der Waals surface area contributed by atoms with Gasteiger partial charge in [0.05, 0.1) is 6.04 Å². The van der Waals surface area contributed by atoms with Gasteiger partial charge in [-0.1, -0.05) is 25.1 Å². The first kappa shape index (κ1) is 14.6. The number of amides is 1. The molecule has 0 saturated heterocycles. The average Bonchev–Trinajstić information content (AvgIpc) is 2.36. The van der Waals surface area contributed by atoms with E-state index in [4.69, 9.17) is 0 Å². The van der Waals surface area contributed by atoms with Gasteiger partial charge in [0.25, 0.3) is 0 Å². The van der Waals surface area contributed by atoms with E-state index in [2.05, 4.69) is 12.2 Å². The van der Waals surface area contributed by atoms with Crippen LogP contribution in [0.5, 0.6) is 0 Å². The highest BCUT2D eigenvalue weighted by Crippen LogP contribution is 2.06. The van der Waals surface area contributed by atoms with Crippen molar-refractivity contribution >= 4 is 5.91 Å². The molecule has 1 N–H and O–H groups in total. The standard InChI is InChI=1S/C14H21FN2O/c1-4-9-17(3)11(2)14(18)16-10-12-7-5-6-8-13(12)15/h5-8,11H,4,9-10H2,1-3H3,(H,16,18)/t11-/m1/s1. The van der Waals surface area contributed by atoms with E-state index in [1.54, 1.807) is 18.2 Å². The van der Waals surface area contributed by atoms with Crippen LogP contribution < -0.4 is 5.32 Å². The van der Waals surface area contributed by atoms with Crippen LogP contribution in [0.25, 0.3) is 0 Å². The number of carbonyl (C=O) groups is 1. The van der Waals surface area contributed by atoms with Gasteiger partial charge in [0.15, 0.2) is 0 Å². The first-order valence-electron chi connectivity index (χ1n) is 6.27. The van der Waals surface area contributed by atoms with Crippen LogP contribution in [0.2, 0.25) is 0 Å². The van der Waals surface area contributed by atoms with Gasteiger partial charge in [-0.25, -0.2) is 4.39 Å². The Hall–Kier alpha value is -1.42. The van der Waals surface area contributed by atoms with E-state index in [1.807, 2.05) is 18.9 Å². The fraction of sp³-hybridized carbons (Fsp3) is 0.500. The second-order valence-electron chi connectivity index (χ2n) is 4.47. The van der Waals surface area contributed by atoms with Crippen LogP contribution in [0.3, 0.4) is 0 Å². The maximum Gasteiger partial charge on any atom is 0.237 e. The third-order valence-corrected chi connectivity index (χ3v) is 3.03. The van der Waals surface area contributed by atoms with Gasteiger partial charge in [0.2, 0.25) is 5.91 Å². The Morgan fingerprint density at radius 3 is 2.72 bits per heavy atom. The number of rotatable bonds is 6. The third-order valence-electron chi connectivity index (χ3n) is 3.03. The van der Waals surface area contributed by atoms with Crippen molar-refractivity contribution < 1.29 is 9.18 Å². The van der Waals surface area contributed by atoms with Crippen LogP contribution in [0.15, 0.2) is 24.3 Å². The molecule has 18 heavy (non-hydrogen) atoms. The summed E-state index contributed by atoms with van der Waals surface area (Å²) in [6.45, 7) is 5.02. The zero-order valence-corrected chi connectivity index (χ0v) is 11.2. The third kappa shape index (κ3) is 4.11. The molecule has 4 heteroatoms. The number of nitrogens with one attached hydrogen (secondary N) is 1. The lowest BCUT2D eigenvalue weighted by molar-refractivity contribution is -0.125. The highest BCUT2D eigenvalue weighted by Gasteiger charge is 2.16. The first-order valence-corrected chi connectivity index (χ1v) is 6.27.